The van der Waals surface area contributed by atoms with Crippen LogP contribution in [0.3, 0.4) is 0 Å². The minimum Gasteiger partial charge on any atom is -0.493 e. The summed E-state index contributed by atoms with van der Waals surface area (Å²) in [6.07, 6.45) is 3.12. The number of methoxy groups -OCH3 is 2. The molecule has 1 aliphatic carbocycles. The van der Waals surface area contributed by atoms with Gasteiger partial charge in [0.25, 0.3) is 0 Å². The number of ether oxygens (including phenoxy) is 2. The van der Waals surface area contributed by atoms with Crippen LogP contribution in [0.2, 0.25) is 0 Å². The van der Waals surface area contributed by atoms with Gasteiger partial charge in [0.05, 0.1) is 19.1 Å². The molecule has 1 fully saturated rings. The van der Waals surface area contributed by atoms with Gasteiger partial charge in [-0.05, 0) is 42.7 Å². The Morgan fingerprint density at radius 1 is 1.12 bits per heavy atom. The number of rotatable bonds is 6. The number of sulfonamides is 1. The summed E-state index contributed by atoms with van der Waals surface area (Å²) in [5.74, 6) is 2.30. The lowest BCUT2D eigenvalue weighted by Crippen LogP contribution is -2.45. The lowest BCUT2D eigenvalue weighted by molar-refractivity contribution is 0.188. The van der Waals surface area contributed by atoms with Crippen LogP contribution in [0.15, 0.2) is 23.1 Å². The first kappa shape index (κ1) is 19.1. The average Bonchev–Trinajstić information content (AvgIpc) is 2.53. The summed E-state index contributed by atoms with van der Waals surface area (Å²) in [6, 6.07) is 4.67. The highest BCUT2D eigenvalue weighted by molar-refractivity contribution is 7.89. The van der Waals surface area contributed by atoms with Gasteiger partial charge in [-0.1, -0.05) is 27.2 Å². The van der Waals surface area contributed by atoms with Crippen molar-refractivity contribution in [3.8, 4) is 11.5 Å². The Kier molecular flexibility index (Phi) is 6.15. The Morgan fingerprint density at radius 3 is 2.38 bits per heavy atom. The first-order chi connectivity index (χ1) is 11.3. The quantitative estimate of drug-likeness (QED) is 0.849. The Bertz CT molecular complexity index is 657. The third-order valence-corrected chi connectivity index (χ3v) is 6.48. The number of benzene rings is 1. The van der Waals surface area contributed by atoms with E-state index in [2.05, 4.69) is 25.5 Å². The van der Waals surface area contributed by atoms with Gasteiger partial charge in [-0.3, -0.25) is 0 Å². The summed E-state index contributed by atoms with van der Waals surface area (Å²) in [4.78, 5) is 0.209. The van der Waals surface area contributed by atoms with E-state index in [4.69, 9.17) is 9.47 Å². The Labute approximate surface area is 145 Å². The van der Waals surface area contributed by atoms with Crippen LogP contribution in [0, 0.1) is 17.8 Å². The van der Waals surface area contributed by atoms with E-state index in [1.165, 1.54) is 20.3 Å². The minimum atomic E-state index is -3.59. The summed E-state index contributed by atoms with van der Waals surface area (Å²) < 4.78 is 39.0. The molecule has 3 atom stereocenters. The maximum absolute atomic E-state index is 12.8. The van der Waals surface area contributed by atoms with E-state index < -0.39 is 10.0 Å². The molecule has 1 N–H and O–H groups in total. The molecule has 0 saturated heterocycles. The van der Waals surface area contributed by atoms with Crippen LogP contribution in [-0.4, -0.2) is 28.7 Å². The molecule has 5 nitrogen and oxygen atoms in total. The molecule has 1 aromatic carbocycles. The van der Waals surface area contributed by atoms with Gasteiger partial charge in [0, 0.05) is 12.1 Å². The van der Waals surface area contributed by atoms with Gasteiger partial charge >= 0.3 is 0 Å². The molecule has 0 amide bonds. The van der Waals surface area contributed by atoms with E-state index in [-0.39, 0.29) is 10.9 Å². The average molecular weight is 356 g/mol. The van der Waals surface area contributed by atoms with Crippen molar-refractivity contribution in [3.63, 3.8) is 0 Å². The van der Waals surface area contributed by atoms with E-state index in [0.717, 1.165) is 19.3 Å². The van der Waals surface area contributed by atoms with Crippen molar-refractivity contribution in [2.75, 3.05) is 14.2 Å². The third-order valence-electron chi connectivity index (χ3n) is 4.99. The number of nitrogens with one attached hydrogen (secondary N) is 1. The molecule has 0 aliphatic heterocycles. The van der Waals surface area contributed by atoms with E-state index in [1.54, 1.807) is 12.1 Å². The van der Waals surface area contributed by atoms with E-state index >= 15 is 0 Å². The lowest BCUT2D eigenvalue weighted by atomic mass is 9.74. The lowest BCUT2D eigenvalue weighted by Gasteiger charge is -2.37. The molecule has 24 heavy (non-hydrogen) atoms. The molecule has 0 radical (unpaired) electrons. The first-order valence-corrected chi connectivity index (χ1v) is 10.0. The molecule has 1 aliphatic rings. The second kappa shape index (κ2) is 7.74. The molecule has 0 aromatic heterocycles. The number of hydrogen-bond donors (Lipinski definition) is 1. The van der Waals surface area contributed by atoms with Gasteiger partial charge in [-0.15, -0.1) is 0 Å². The zero-order valence-electron chi connectivity index (χ0n) is 15.2. The maximum atomic E-state index is 12.8. The van der Waals surface area contributed by atoms with Gasteiger partial charge < -0.3 is 9.47 Å². The Morgan fingerprint density at radius 2 is 1.79 bits per heavy atom. The normalized spacial score (nSPS) is 24.8. The van der Waals surface area contributed by atoms with Gasteiger partial charge in [0.1, 0.15) is 0 Å². The maximum Gasteiger partial charge on any atom is 0.240 e. The van der Waals surface area contributed by atoms with Crippen LogP contribution in [0.25, 0.3) is 0 Å². The van der Waals surface area contributed by atoms with Crippen molar-refractivity contribution in [2.24, 2.45) is 17.8 Å². The fourth-order valence-corrected chi connectivity index (χ4v) is 4.90. The van der Waals surface area contributed by atoms with Crippen molar-refractivity contribution < 1.29 is 17.9 Å². The third kappa shape index (κ3) is 4.22. The summed E-state index contributed by atoms with van der Waals surface area (Å²) in [5, 5.41) is 0. The smallest absolute Gasteiger partial charge is 0.240 e. The standard InChI is InChI=1S/C18H29NO4S/c1-12(2)15-8-6-13(3)10-16(15)19-24(20,21)14-7-9-17(22-4)18(11-14)23-5/h7,9,11-13,15-16,19H,6,8,10H2,1-5H3. The molecule has 0 heterocycles. The molecule has 0 bridgehead atoms. The molecule has 136 valence electrons. The van der Waals surface area contributed by atoms with Crippen molar-refractivity contribution in [2.45, 2.75) is 51.0 Å². The van der Waals surface area contributed by atoms with E-state index in [9.17, 15) is 8.42 Å². The first-order valence-electron chi connectivity index (χ1n) is 8.52. The van der Waals surface area contributed by atoms with Gasteiger partial charge in [-0.2, -0.15) is 0 Å². The van der Waals surface area contributed by atoms with Crippen molar-refractivity contribution in [3.05, 3.63) is 18.2 Å². The van der Waals surface area contributed by atoms with Crippen LogP contribution in [0.1, 0.15) is 40.0 Å². The molecular weight excluding hydrogens is 326 g/mol. The zero-order chi connectivity index (χ0) is 17.9. The van der Waals surface area contributed by atoms with Crippen LogP contribution in [-0.2, 0) is 10.0 Å². The van der Waals surface area contributed by atoms with Gasteiger partial charge in [0.2, 0.25) is 10.0 Å². The molecule has 1 saturated carbocycles. The Balaban J connectivity index is 2.26. The van der Waals surface area contributed by atoms with Gasteiger partial charge in [-0.25, -0.2) is 13.1 Å². The highest BCUT2D eigenvalue weighted by Crippen LogP contribution is 2.35. The molecule has 1 aromatic rings. The SMILES string of the molecule is COc1ccc(S(=O)(=O)NC2CC(C)CCC2C(C)C)cc1OC. The largest absolute Gasteiger partial charge is 0.493 e. The van der Waals surface area contributed by atoms with Crippen LogP contribution in [0.5, 0.6) is 11.5 Å². The van der Waals surface area contributed by atoms with Crippen molar-refractivity contribution in [1.82, 2.24) is 4.72 Å². The molecule has 6 heteroatoms. The van der Waals surface area contributed by atoms with Crippen molar-refractivity contribution in [1.29, 1.82) is 0 Å². The summed E-state index contributed by atoms with van der Waals surface area (Å²) in [7, 11) is -0.565. The molecule has 0 spiro atoms. The molecule has 2 rings (SSSR count). The zero-order valence-corrected chi connectivity index (χ0v) is 16.0. The highest BCUT2D eigenvalue weighted by atomic mass is 32.2. The van der Waals surface area contributed by atoms with E-state index in [1.807, 2.05) is 0 Å². The fraction of sp³-hybridized carbons (Fsp3) is 0.667. The monoisotopic (exact) mass is 355 g/mol. The molecular formula is C18H29NO4S. The van der Waals surface area contributed by atoms with Crippen LogP contribution >= 0.6 is 0 Å². The summed E-state index contributed by atoms with van der Waals surface area (Å²) >= 11 is 0. The number of hydrogen-bond acceptors (Lipinski definition) is 4. The second-order valence-electron chi connectivity index (χ2n) is 7.07. The summed E-state index contributed by atoms with van der Waals surface area (Å²) in [5.41, 5.74) is 0. The van der Waals surface area contributed by atoms with Crippen LogP contribution in [0.4, 0.5) is 0 Å². The summed E-state index contributed by atoms with van der Waals surface area (Å²) in [6.45, 7) is 6.52. The second-order valence-corrected chi connectivity index (χ2v) is 8.78. The minimum absolute atomic E-state index is 0.0214. The Hall–Kier alpha value is -1.27. The highest BCUT2D eigenvalue weighted by Gasteiger charge is 2.34. The van der Waals surface area contributed by atoms with E-state index in [0.29, 0.717) is 29.3 Å². The predicted molar refractivity (Wildman–Crippen MR) is 95.0 cm³/mol. The predicted octanol–water partition coefficient (Wildman–Crippen LogP) is 3.44. The van der Waals surface area contributed by atoms with Gasteiger partial charge in [0.15, 0.2) is 11.5 Å². The van der Waals surface area contributed by atoms with Crippen molar-refractivity contribution >= 4 is 10.0 Å². The molecule has 3 unspecified atom stereocenters. The topological polar surface area (TPSA) is 64.6 Å². The fourth-order valence-electron chi connectivity index (χ4n) is 3.59. The van der Waals surface area contributed by atoms with Crippen LogP contribution < -0.4 is 14.2 Å².